The molecular weight excluding hydrogens is 382 g/mol. The lowest BCUT2D eigenvalue weighted by Crippen LogP contribution is -2.33. The molecule has 0 saturated carbocycles. The van der Waals surface area contributed by atoms with Crippen molar-refractivity contribution in [3.63, 3.8) is 0 Å². The van der Waals surface area contributed by atoms with E-state index in [0.717, 1.165) is 5.56 Å². The van der Waals surface area contributed by atoms with E-state index in [-0.39, 0.29) is 23.6 Å². The molecule has 1 heterocycles. The molecule has 146 valence electrons. The summed E-state index contributed by atoms with van der Waals surface area (Å²) >= 11 is 1.23. The van der Waals surface area contributed by atoms with Gasteiger partial charge in [-0.15, -0.1) is 10.2 Å². The molecule has 28 heavy (non-hydrogen) atoms. The Kier molecular flexibility index (Phi) is 6.08. The van der Waals surface area contributed by atoms with Crippen LogP contribution in [0.5, 0.6) is 0 Å². The topological polar surface area (TPSA) is 59.8 Å². The molecule has 1 amide bonds. The minimum Gasteiger partial charge on any atom is -0.349 e. The summed E-state index contributed by atoms with van der Waals surface area (Å²) in [5, 5.41) is 11.1. The number of carbonyl (C=O) groups is 1. The summed E-state index contributed by atoms with van der Waals surface area (Å²) in [6.07, 6.45) is 0. The van der Waals surface area contributed by atoms with Gasteiger partial charge in [-0.2, -0.15) is 0 Å². The van der Waals surface area contributed by atoms with Crippen molar-refractivity contribution in [1.29, 1.82) is 0 Å². The van der Waals surface area contributed by atoms with Crippen LogP contribution in [0.2, 0.25) is 0 Å². The molecule has 0 radical (unpaired) electrons. The second-order valence-electron chi connectivity index (χ2n) is 6.39. The van der Waals surface area contributed by atoms with Gasteiger partial charge in [0.05, 0.1) is 16.9 Å². The summed E-state index contributed by atoms with van der Waals surface area (Å²) in [4.78, 5) is 12.5. The number of thioether (sulfide) groups is 1. The third kappa shape index (κ3) is 4.39. The Balaban J connectivity index is 1.67. The molecule has 0 aliphatic carbocycles. The minimum atomic E-state index is -0.445. The second-order valence-corrected chi connectivity index (χ2v) is 7.69. The molecule has 1 N–H and O–H groups in total. The Morgan fingerprint density at radius 2 is 1.75 bits per heavy atom. The van der Waals surface area contributed by atoms with Crippen LogP contribution in [-0.4, -0.2) is 25.9 Å². The highest BCUT2D eigenvalue weighted by atomic mass is 32.2. The van der Waals surface area contributed by atoms with Crippen molar-refractivity contribution in [1.82, 2.24) is 20.1 Å². The van der Waals surface area contributed by atoms with E-state index in [9.17, 15) is 13.6 Å². The van der Waals surface area contributed by atoms with E-state index in [1.807, 2.05) is 6.92 Å². The number of nitrogens with zero attached hydrogens (tertiary/aromatic N) is 3. The third-order valence-electron chi connectivity index (χ3n) is 4.33. The lowest BCUT2D eigenvalue weighted by atomic mass is 10.1. The molecule has 0 fully saturated rings. The van der Waals surface area contributed by atoms with Crippen molar-refractivity contribution >= 4 is 17.7 Å². The van der Waals surface area contributed by atoms with Crippen molar-refractivity contribution in [2.24, 2.45) is 7.05 Å². The van der Waals surface area contributed by atoms with Crippen LogP contribution in [0.1, 0.15) is 25.5 Å². The van der Waals surface area contributed by atoms with Crippen molar-refractivity contribution in [2.45, 2.75) is 30.3 Å². The number of hydrogen-bond acceptors (Lipinski definition) is 4. The Labute approximate surface area is 166 Å². The van der Waals surface area contributed by atoms with Gasteiger partial charge < -0.3 is 9.88 Å². The van der Waals surface area contributed by atoms with Gasteiger partial charge in [0.25, 0.3) is 0 Å². The average Bonchev–Trinajstić information content (AvgIpc) is 3.03. The zero-order chi connectivity index (χ0) is 20.3. The summed E-state index contributed by atoms with van der Waals surface area (Å²) < 4.78 is 28.7. The van der Waals surface area contributed by atoms with Crippen molar-refractivity contribution in [2.75, 3.05) is 0 Å². The van der Waals surface area contributed by atoms with E-state index in [4.69, 9.17) is 0 Å². The molecule has 0 saturated heterocycles. The zero-order valence-electron chi connectivity index (χ0n) is 15.7. The second kappa shape index (κ2) is 8.52. The maximum Gasteiger partial charge on any atom is 0.233 e. The van der Waals surface area contributed by atoms with E-state index in [2.05, 4.69) is 15.5 Å². The predicted octanol–water partition coefficient (Wildman–Crippen LogP) is 4.12. The summed E-state index contributed by atoms with van der Waals surface area (Å²) in [7, 11) is 1.73. The number of nitrogens with one attached hydrogen (secondary N) is 1. The molecule has 0 aliphatic rings. The highest BCUT2D eigenvalue weighted by Crippen LogP contribution is 2.27. The lowest BCUT2D eigenvalue weighted by Gasteiger charge is -2.17. The van der Waals surface area contributed by atoms with Crippen LogP contribution in [-0.2, 0) is 11.8 Å². The van der Waals surface area contributed by atoms with Crippen LogP contribution in [0, 0.1) is 11.6 Å². The normalized spacial score (nSPS) is 13.2. The molecule has 3 aromatic rings. The number of amides is 1. The first-order chi connectivity index (χ1) is 13.4. The van der Waals surface area contributed by atoms with Crippen LogP contribution in [0.15, 0.2) is 53.7 Å². The predicted molar refractivity (Wildman–Crippen MR) is 105 cm³/mol. The van der Waals surface area contributed by atoms with Crippen LogP contribution >= 0.6 is 11.8 Å². The first-order valence-electron chi connectivity index (χ1n) is 8.73. The van der Waals surface area contributed by atoms with Gasteiger partial charge in [0.2, 0.25) is 5.91 Å². The van der Waals surface area contributed by atoms with Gasteiger partial charge in [-0.1, -0.05) is 36.0 Å². The first-order valence-corrected chi connectivity index (χ1v) is 9.61. The molecule has 1 aromatic heterocycles. The highest BCUT2D eigenvalue weighted by Gasteiger charge is 2.21. The molecule has 0 aliphatic heterocycles. The van der Waals surface area contributed by atoms with Gasteiger partial charge in [-0.25, -0.2) is 8.78 Å². The summed E-state index contributed by atoms with van der Waals surface area (Å²) in [6, 6.07) is 12.1. The Hall–Kier alpha value is -2.74. The summed E-state index contributed by atoms with van der Waals surface area (Å²) in [5.41, 5.74) is 1.17. The van der Waals surface area contributed by atoms with E-state index in [0.29, 0.717) is 16.5 Å². The zero-order valence-corrected chi connectivity index (χ0v) is 16.5. The molecule has 8 heteroatoms. The standard InChI is InChI=1S/C20H20F2N4OS/c1-12(14-8-10-15(21)11-9-14)23-19(27)13(2)28-20-25-24-18(26(20)3)16-6-4-5-7-17(16)22/h4-13H,1-3H3,(H,23,27)/t12-,13+/m0/s1. The number of carbonyl (C=O) groups excluding carboxylic acids is 1. The molecule has 0 spiro atoms. The highest BCUT2D eigenvalue weighted by molar-refractivity contribution is 8.00. The van der Waals surface area contributed by atoms with Crippen molar-refractivity contribution < 1.29 is 13.6 Å². The van der Waals surface area contributed by atoms with Crippen molar-refractivity contribution in [3.05, 3.63) is 65.7 Å². The maximum atomic E-state index is 14.0. The third-order valence-corrected chi connectivity index (χ3v) is 5.46. The largest absolute Gasteiger partial charge is 0.349 e. The molecule has 2 atom stereocenters. The van der Waals surface area contributed by atoms with Crippen LogP contribution in [0.3, 0.4) is 0 Å². The SMILES string of the molecule is C[C@H](NC(=O)[C@@H](C)Sc1nnc(-c2ccccc2F)n1C)c1ccc(F)cc1. The average molecular weight is 402 g/mol. The smallest absolute Gasteiger partial charge is 0.233 e. The van der Waals surface area contributed by atoms with Crippen LogP contribution in [0.25, 0.3) is 11.4 Å². The monoisotopic (exact) mass is 402 g/mol. The molecular formula is C20H20F2N4OS. The first kappa shape index (κ1) is 20.0. The summed E-state index contributed by atoms with van der Waals surface area (Å²) in [6.45, 7) is 3.59. The van der Waals surface area contributed by atoms with E-state index >= 15 is 0 Å². The molecule has 0 bridgehead atoms. The van der Waals surface area contributed by atoms with E-state index in [1.165, 1.54) is 30.0 Å². The lowest BCUT2D eigenvalue weighted by molar-refractivity contribution is -0.120. The number of aromatic nitrogens is 3. The van der Waals surface area contributed by atoms with Crippen LogP contribution < -0.4 is 5.32 Å². The fourth-order valence-corrected chi connectivity index (χ4v) is 3.50. The fourth-order valence-electron chi connectivity index (χ4n) is 2.67. The molecule has 2 aromatic carbocycles. The van der Waals surface area contributed by atoms with E-state index < -0.39 is 5.25 Å². The summed E-state index contributed by atoms with van der Waals surface area (Å²) in [5.74, 6) is -0.488. The van der Waals surface area contributed by atoms with Crippen molar-refractivity contribution in [3.8, 4) is 11.4 Å². The Morgan fingerprint density at radius 3 is 2.43 bits per heavy atom. The van der Waals surface area contributed by atoms with Gasteiger partial charge in [0.1, 0.15) is 11.6 Å². The minimum absolute atomic E-state index is 0.183. The quantitative estimate of drug-likeness (QED) is 0.630. The fraction of sp³-hybridized carbons (Fsp3) is 0.250. The molecule has 5 nitrogen and oxygen atoms in total. The number of rotatable bonds is 6. The van der Waals surface area contributed by atoms with E-state index in [1.54, 1.807) is 48.9 Å². The van der Waals surface area contributed by atoms with Gasteiger partial charge in [-0.3, -0.25) is 4.79 Å². The van der Waals surface area contributed by atoms with Gasteiger partial charge in [0.15, 0.2) is 11.0 Å². The number of hydrogen-bond donors (Lipinski definition) is 1. The number of benzene rings is 2. The van der Waals surface area contributed by atoms with Gasteiger partial charge in [-0.05, 0) is 43.7 Å². The molecule has 0 unspecified atom stereocenters. The molecule has 3 rings (SSSR count). The maximum absolute atomic E-state index is 14.0. The Morgan fingerprint density at radius 1 is 1.07 bits per heavy atom. The van der Waals surface area contributed by atoms with Gasteiger partial charge in [0, 0.05) is 7.05 Å². The Bertz CT molecular complexity index is 975. The number of halogens is 2. The van der Waals surface area contributed by atoms with Crippen LogP contribution in [0.4, 0.5) is 8.78 Å². The van der Waals surface area contributed by atoms with Gasteiger partial charge >= 0.3 is 0 Å².